The predicted octanol–water partition coefficient (Wildman–Crippen LogP) is 4.51. The number of unbranched alkanes of at least 4 members (excludes halogenated alkanes) is 1. The lowest BCUT2D eigenvalue weighted by Crippen LogP contribution is -2.32. The van der Waals surface area contributed by atoms with Gasteiger partial charge in [0.25, 0.3) is 0 Å². The first kappa shape index (κ1) is 24.8. The van der Waals surface area contributed by atoms with Crippen LogP contribution in [-0.2, 0) is 14.3 Å². The molecule has 2 aliphatic rings. The van der Waals surface area contributed by atoms with Crippen molar-refractivity contribution in [1.82, 2.24) is 0 Å². The summed E-state index contributed by atoms with van der Waals surface area (Å²) in [5, 5.41) is 21.2. The van der Waals surface area contributed by atoms with Crippen molar-refractivity contribution in [3.8, 4) is 0 Å². The molecule has 0 aromatic heterocycles. The summed E-state index contributed by atoms with van der Waals surface area (Å²) in [5.41, 5.74) is 0.0511. The van der Waals surface area contributed by atoms with E-state index in [9.17, 15) is 19.8 Å². The van der Waals surface area contributed by atoms with Crippen molar-refractivity contribution >= 4 is 11.8 Å². The summed E-state index contributed by atoms with van der Waals surface area (Å²) in [5.74, 6) is -0.491. The Kier molecular flexibility index (Phi) is 10.3. The summed E-state index contributed by atoms with van der Waals surface area (Å²) in [6, 6.07) is 0. The number of carbonyl (C=O) groups is 2. The predicted molar refractivity (Wildman–Crippen MR) is 118 cm³/mol. The molecule has 0 aromatic carbocycles. The summed E-state index contributed by atoms with van der Waals surface area (Å²) in [6.45, 7) is 2.18. The Morgan fingerprint density at radius 1 is 1.27 bits per heavy atom. The molecule has 4 atom stereocenters. The molecule has 2 N–H and O–H groups in total. The monoisotopic (exact) mass is 420 g/mol. The number of allylic oxidation sites excluding steroid dienone is 2. The van der Waals surface area contributed by atoms with Gasteiger partial charge in [0.05, 0.1) is 19.3 Å². The van der Waals surface area contributed by atoms with Crippen molar-refractivity contribution in [1.29, 1.82) is 0 Å². The van der Waals surface area contributed by atoms with Crippen LogP contribution in [0, 0.1) is 17.3 Å². The van der Waals surface area contributed by atoms with Crippen molar-refractivity contribution in [3.05, 3.63) is 24.3 Å². The van der Waals surface area contributed by atoms with E-state index in [1.165, 1.54) is 20.0 Å². The third kappa shape index (κ3) is 6.78. The zero-order valence-electron chi connectivity index (χ0n) is 18.7. The highest BCUT2D eigenvalue weighted by atomic mass is 16.5. The lowest BCUT2D eigenvalue weighted by Gasteiger charge is -2.33. The van der Waals surface area contributed by atoms with Crippen LogP contribution in [0.25, 0.3) is 0 Å². The Balaban J connectivity index is 1.86. The van der Waals surface area contributed by atoms with Crippen LogP contribution < -0.4 is 0 Å². The van der Waals surface area contributed by atoms with E-state index in [-0.39, 0.29) is 41.5 Å². The standard InChI is InChI=1S/C25H40O5/c1-3-15-25(16-8-9-17-25)23(28)13-10-12-20-19(21(26)18-22(20)27)11-6-4-5-7-14-24(29)30-2/h4,6,10,12,19-20,22-23,27-28H,3,5,7-9,11,13-18H2,1-2H3/b6-4-,12-10+/t19-,20-,22-,23?/m1/s1. The van der Waals surface area contributed by atoms with Gasteiger partial charge in [-0.05, 0) is 50.4 Å². The molecule has 5 heteroatoms. The van der Waals surface area contributed by atoms with Gasteiger partial charge in [-0.2, -0.15) is 0 Å². The van der Waals surface area contributed by atoms with Crippen LogP contribution in [0.2, 0.25) is 0 Å². The maximum Gasteiger partial charge on any atom is 0.305 e. The molecule has 0 bridgehead atoms. The fourth-order valence-corrected chi connectivity index (χ4v) is 5.30. The van der Waals surface area contributed by atoms with E-state index in [0.29, 0.717) is 19.3 Å². The van der Waals surface area contributed by atoms with Crippen LogP contribution in [0.3, 0.4) is 0 Å². The third-order valence-electron chi connectivity index (χ3n) is 7.04. The number of carbonyl (C=O) groups excluding carboxylic acids is 2. The molecule has 0 heterocycles. The average molecular weight is 421 g/mol. The number of aliphatic hydroxyl groups excluding tert-OH is 2. The van der Waals surface area contributed by atoms with E-state index < -0.39 is 6.10 Å². The molecular weight excluding hydrogens is 380 g/mol. The molecular formula is C25H40O5. The number of hydrogen-bond donors (Lipinski definition) is 2. The van der Waals surface area contributed by atoms with Crippen LogP contribution >= 0.6 is 0 Å². The van der Waals surface area contributed by atoms with E-state index >= 15 is 0 Å². The summed E-state index contributed by atoms with van der Waals surface area (Å²) in [6.07, 6.45) is 17.0. The zero-order chi connectivity index (χ0) is 22.0. The lowest BCUT2D eigenvalue weighted by atomic mass is 9.75. The topological polar surface area (TPSA) is 83.8 Å². The summed E-state index contributed by atoms with van der Waals surface area (Å²) >= 11 is 0. The molecule has 2 fully saturated rings. The van der Waals surface area contributed by atoms with E-state index in [4.69, 9.17) is 0 Å². The smallest absolute Gasteiger partial charge is 0.305 e. The second kappa shape index (κ2) is 12.4. The molecule has 0 amide bonds. The van der Waals surface area contributed by atoms with Crippen molar-refractivity contribution < 1.29 is 24.5 Å². The molecule has 0 aromatic rings. The molecule has 0 radical (unpaired) electrons. The van der Waals surface area contributed by atoms with Crippen LogP contribution in [-0.4, -0.2) is 41.3 Å². The highest BCUT2D eigenvalue weighted by Crippen LogP contribution is 2.46. The van der Waals surface area contributed by atoms with Crippen LogP contribution in [0.5, 0.6) is 0 Å². The number of aliphatic hydroxyl groups is 2. The summed E-state index contributed by atoms with van der Waals surface area (Å²) in [4.78, 5) is 23.5. The largest absolute Gasteiger partial charge is 0.469 e. The molecule has 170 valence electrons. The molecule has 2 aliphatic carbocycles. The first-order valence-corrected chi connectivity index (χ1v) is 11.7. The van der Waals surface area contributed by atoms with E-state index in [1.807, 2.05) is 24.3 Å². The van der Waals surface area contributed by atoms with Crippen LogP contribution in [0.1, 0.15) is 84.0 Å². The Labute approximate surface area is 181 Å². The molecule has 5 nitrogen and oxygen atoms in total. The van der Waals surface area contributed by atoms with Gasteiger partial charge in [0.2, 0.25) is 0 Å². The van der Waals surface area contributed by atoms with Gasteiger partial charge >= 0.3 is 5.97 Å². The zero-order valence-corrected chi connectivity index (χ0v) is 18.7. The fraction of sp³-hybridized carbons (Fsp3) is 0.760. The second-order valence-electron chi connectivity index (χ2n) is 9.10. The third-order valence-corrected chi connectivity index (χ3v) is 7.04. The molecule has 0 aliphatic heterocycles. The lowest BCUT2D eigenvalue weighted by molar-refractivity contribution is -0.140. The number of ether oxygens (including phenoxy) is 1. The second-order valence-corrected chi connectivity index (χ2v) is 9.10. The number of ketones is 1. The molecule has 2 rings (SSSR count). The fourth-order valence-electron chi connectivity index (χ4n) is 5.30. The average Bonchev–Trinajstić information content (AvgIpc) is 3.30. The highest BCUT2D eigenvalue weighted by Gasteiger charge is 2.40. The molecule has 0 saturated heterocycles. The number of rotatable bonds is 12. The Morgan fingerprint density at radius 2 is 2.00 bits per heavy atom. The van der Waals surface area contributed by atoms with E-state index in [2.05, 4.69) is 11.7 Å². The van der Waals surface area contributed by atoms with Crippen molar-refractivity contribution in [2.24, 2.45) is 17.3 Å². The Bertz CT molecular complexity index is 603. The molecule has 30 heavy (non-hydrogen) atoms. The van der Waals surface area contributed by atoms with Gasteiger partial charge in [-0.15, -0.1) is 0 Å². The number of methoxy groups -OCH3 is 1. The minimum atomic E-state index is -0.639. The van der Waals surface area contributed by atoms with Crippen LogP contribution in [0.4, 0.5) is 0 Å². The summed E-state index contributed by atoms with van der Waals surface area (Å²) < 4.78 is 4.62. The normalized spacial score (nSPS) is 27.3. The summed E-state index contributed by atoms with van der Waals surface area (Å²) in [7, 11) is 1.39. The number of hydrogen-bond acceptors (Lipinski definition) is 5. The Hall–Kier alpha value is -1.46. The molecule has 2 saturated carbocycles. The van der Waals surface area contributed by atoms with Gasteiger partial charge in [-0.3, -0.25) is 9.59 Å². The van der Waals surface area contributed by atoms with Gasteiger partial charge in [-0.25, -0.2) is 0 Å². The first-order valence-electron chi connectivity index (χ1n) is 11.7. The van der Waals surface area contributed by atoms with Crippen molar-refractivity contribution in [2.75, 3.05) is 7.11 Å². The maximum absolute atomic E-state index is 12.3. The van der Waals surface area contributed by atoms with Gasteiger partial charge in [-0.1, -0.05) is 50.5 Å². The molecule has 0 spiro atoms. The minimum absolute atomic E-state index is 0.0511. The Morgan fingerprint density at radius 3 is 2.67 bits per heavy atom. The van der Waals surface area contributed by atoms with Gasteiger partial charge in [0, 0.05) is 24.7 Å². The SMILES string of the molecule is CCCC1(C(O)C/C=C/[C@H]2[C@H](O)CC(=O)[C@@H]2C/C=C\CCCC(=O)OC)CCCC1. The highest BCUT2D eigenvalue weighted by molar-refractivity contribution is 5.84. The first-order chi connectivity index (χ1) is 14.4. The van der Waals surface area contributed by atoms with E-state index in [1.54, 1.807) is 0 Å². The van der Waals surface area contributed by atoms with Gasteiger partial charge in [0.15, 0.2) is 0 Å². The maximum atomic E-state index is 12.3. The number of Topliss-reactive ketones (excluding diaryl/α,β-unsaturated/α-hetero) is 1. The number of esters is 1. The van der Waals surface area contributed by atoms with Gasteiger partial charge in [0.1, 0.15) is 5.78 Å². The van der Waals surface area contributed by atoms with E-state index in [0.717, 1.165) is 38.5 Å². The van der Waals surface area contributed by atoms with Crippen molar-refractivity contribution in [3.63, 3.8) is 0 Å². The minimum Gasteiger partial charge on any atom is -0.469 e. The van der Waals surface area contributed by atoms with Crippen molar-refractivity contribution in [2.45, 2.75) is 96.2 Å². The molecule has 1 unspecified atom stereocenters. The van der Waals surface area contributed by atoms with Crippen LogP contribution in [0.15, 0.2) is 24.3 Å². The quantitative estimate of drug-likeness (QED) is 0.276. The van der Waals surface area contributed by atoms with Gasteiger partial charge < -0.3 is 14.9 Å².